The van der Waals surface area contributed by atoms with Gasteiger partial charge in [-0.3, -0.25) is 0 Å². The van der Waals surface area contributed by atoms with E-state index in [1.54, 1.807) is 0 Å². The third-order valence-electron chi connectivity index (χ3n) is 4.54. The molecule has 0 aliphatic heterocycles. The van der Waals surface area contributed by atoms with Crippen LogP contribution in [0.2, 0.25) is 0 Å². The lowest BCUT2D eigenvalue weighted by atomic mass is 9.78. The van der Waals surface area contributed by atoms with Crippen LogP contribution < -0.4 is 0 Å². The average Bonchev–Trinajstić information content (AvgIpc) is 2.47. The second-order valence-electron chi connectivity index (χ2n) is 6.80. The first-order valence-electron chi connectivity index (χ1n) is 8.48. The molecule has 1 aromatic carbocycles. The van der Waals surface area contributed by atoms with Crippen molar-refractivity contribution in [3.63, 3.8) is 0 Å². The van der Waals surface area contributed by atoms with Crippen molar-refractivity contribution in [1.29, 1.82) is 0 Å². The first-order valence-corrected chi connectivity index (χ1v) is 8.48. The van der Waals surface area contributed by atoms with E-state index in [0.717, 1.165) is 37.7 Å². The van der Waals surface area contributed by atoms with Crippen LogP contribution in [0, 0.1) is 5.92 Å². The number of hydrogen-bond donors (Lipinski definition) is 1. The molecule has 2 nitrogen and oxygen atoms in total. The van der Waals surface area contributed by atoms with Crippen molar-refractivity contribution in [3.05, 3.63) is 35.4 Å². The fraction of sp³-hybridized carbons (Fsp3) is 0.684. The Hall–Kier alpha value is -0.860. The molecule has 1 atom stereocenters. The first-order chi connectivity index (χ1) is 10.1. The third kappa shape index (κ3) is 4.08. The molecule has 1 aliphatic carbocycles. The maximum absolute atomic E-state index is 11.0. The van der Waals surface area contributed by atoms with Gasteiger partial charge in [0, 0.05) is 6.61 Å². The number of rotatable bonds is 6. The van der Waals surface area contributed by atoms with Crippen molar-refractivity contribution in [3.8, 4) is 0 Å². The van der Waals surface area contributed by atoms with Crippen LogP contribution in [0.5, 0.6) is 0 Å². The summed E-state index contributed by atoms with van der Waals surface area (Å²) >= 11 is 0. The number of hydrogen-bond acceptors (Lipinski definition) is 2. The summed E-state index contributed by atoms with van der Waals surface area (Å²) in [5.74, 6) is 0.632. The van der Waals surface area contributed by atoms with Crippen LogP contribution in [-0.4, -0.2) is 17.3 Å². The highest BCUT2D eigenvalue weighted by atomic mass is 16.5. The predicted molar refractivity (Wildman–Crippen MR) is 87.4 cm³/mol. The van der Waals surface area contributed by atoms with Crippen LogP contribution in [0.15, 0.2) is 24.3 Å². The summed E-state index contributed by atoms with van der Waals surface area (Å²) in [5, 5.41) is 11.0. The fourth-order valence-corrected chi connectivity index (χ4v) is 3.60. The number of ether oxygens (including phenoxy) is 1. The molecule has 0 radical (unpaired) electrons. The van der Waals surface area contributed by atoms with Crippen molar-refractivity contribution >= 4 is 0 Å². The van der Waals surface area contributed by atoms with Gasteiger partial charge in [0.1, 0.15) is 6.10 Å². The van der Waals surface area contributed by atoms with Crippen LogP contribution in [-0.2, 0) is 11.2 Å². The van der Waals surface area contributed by atoms with E-state index in [-0.39, 0.29) is 5.60 Å². The SMILES string of the molecule is CCOC1(C(O)c2cccc(CC(C)C)c2)CCCCC1. The summed E-state index contributed by atoms with van der Waals surface area (Å²) in [6.07, 6.45) is 6.06. The van der Waals surface area contributed by atoms with Gasteiger partial charge in [-0.1, -0.05) is 57.4 Å². The molecule has 0 heterocycles. The normalized spacial score (nSPS) is 19.7. The summed E-state index contributed by atoms with van der Waals surface area (Å²) in [6, 6.07) is 8.44. The van der Waals surface area contributed by atoms with Crippen molar-refractivity contribution < 1.29 is 9.84 Å². The van der Waals surface area contributed by atoms with E-state index in [1.165, 1.54) is 12.0 Å². The van der Waals surface area contributed by atoms with E-state index in [0.29, 0.717) is 12.5 Å². The second kappa shape index (κ2) is 7.42. The highest BCUT2D eigenvalue weighted by Gasteiger charge is 2.40. The standard InChI is InChI=1S/C19H30O2/c1-4-21-19(11-6-5-7-12-19)18(20)17-10-8-9-16(14-17)13-15(2)3/h8-10,14-15,18,20H,4-7,11-13H2,1-3H3. The largest absolute Gasteiger partial charge is 0.385 e. The Morgan fingerprint density at radius 2 is 1.90 bits per heavy atom. The molecular formula is C19H30O2. The van der Waals surface area contributed by atoms with Crippen molar-refractivity contribution in [1.82, 2.24) is 0 Å². The summed E-state index contributed by atoms with van der Waals surface area (Å²) in [6.45, 7) is 7.15. The third-order valence-corrected chi connectivity index (χ3v) is 4.54. The molecule has 21 heavy (non-hydrogen) atoms. The molecule has 0 spiro atoms. The maximum atomic E-state index is 11.0. The molecule has 1 fully saturated rings. The van der Waals surface area contributed by atoms with Gasteiger partial charge >= 0.3 is 0 Å². The van der Waals surface area contributed by atoms with Gasteiger partial charge < -0.3 is 9.84 Å². The molecule has 1 aromatic rings. The molecule has 1 unspecified atom stereocenters. The van der Waals surface area contributed by atoms with Gasteiger partial charge in [0.25, 0.3) is 0 Å². The fourth-order valence-electron chi connectivity index (χ4n) is 3.60. The van der Waals surface area contributed by atoms with Gasteiger partial charge in [-0.15, -0.1) is 0 Å². The van der Waals surface area contributed by atoms with E-state index < -0.39 is 6.10 Å². The van der Waals surface area contributed by atoms with Crippen LogP contribution in [0.4, 0.5) is 0 Å². The Balaban J connectivity index is 2.21. The van der Waals surface area contributed by atoms with E-state index in [4.69, 9.17) is 4.74 Å². The Bertz CT molecular complexity index is 427. The molecule has 1 aliphatic rings. The molecule has 2 rings (SSSR count). The Morgan fingerprint density at radius 1 is 1.19 bits per heavy atom. The monoisotopic (exact) mass is 290 g/mol. The van der Waals surface area contributed by atoms with Crippen LogP contribution in [0.1, 0.15) is 70.1 Å². The molecule has 1 saturated carbocycles. The minimum atomic E-state index is -0.509. The molecule has 0 aromatic heterocycles. The molecule has 1 N–H and O–H groups in total. The zero-order valence-electron chi connectivity index (χ0n) is 13.8. The van der Waals surface area contributed by atoms with Gasteiger partial charge in [0.2, 0.25) is 0 Å². The highest BCUT2D eigenvalue weighted by Crippen LogP contribution is 2.41. The lowest BCUT2D eigenvalue weighted by Gasteiger charge is -2.41. The highest BCUT2D eigenvalue weighted by molar-refractivity contribution is 5.27. The van der Waals surface area contributed by atoms with Crippen molar-refractivity contribution in [2.75, 3.05) is 6.61 Å². The van der Waals surface area contributed by atoms with Gasteiger partial charge in [0.15, 0.2) is 0 Å². The predicted octanol–water partition coefficient (Wildman–Crippen LogP) is 4.66. The number of aliphatic hydroxyl groups excluding tert-OH is 1. The van der Waals surface area contributed by atoms with E-state index in [1.807, 2.05) is 13.0 Å². The quantitative estimate of drug-likeness (QED) is 0.825. The first kappa shape index (κ1) is 16.5. The molecule has 0 bridgehead atoms. The second-order valence-corrected chi connectivity index (χ2v) is 6.80. The maximum Gasteiger partial charge on any atom is 0.108 e. The zero-order valence-corrected chi connectivity index (χ0v) is 13.8. The van der Waals surface area contributed by atoms with E-state index in [2.05, 4.69) is 32.0 Å². The lowest BCUT2D eigenvalue weighted by Crippen LogP contribution is -2.41. The number of aliphatic hydroxyl groups is 1. The minimum absolute atomic E-state index is 0.372. The smallest absolute Gasteiger partial charge is 0.108 e. The lowest BCUT2D eigenvalue weighted by molar-refractivity contribution is -0.141. The summed E-state index contributed by atoms with van der Waals surface area (Å²) < 4.78 is 6.06. The Morgan fingerprint density at radius 3 is 2.52 bits per heavy atom. The van der Waals surface area contributed by atoms with Gasteiger partial charge in [0.05, 0.1) is 5.60 Å². The van der Waals surface area contributed by atoms with Gasteiger partial charge in [-0.25, -0.2) is 0 Å². The minimum Gasteiger partial charge on any atom is -0.385 e. The van der Waals surface area contributed by atoms with Crippen LogP contribution >= 0.6 is 0 Å². The molecular weight excluding hydrogens is 260 g/mol. The molecule has 0 amide bonds. The van der Waals surface area contributed by atoms with Gasteiger partial charge in [-0.05, 0) is 43.2 Å². The average molecular weight is 290 g/mol. The summed E-state index contributed by atoms with van der Waals surface area (Å²) in [7, 11) is 0. The number of benzene rings is 1. The Kier molecular flexibility index (Phi) is 5.83. The van der Waals surface area contributed by atoms with E-state index >= 15 is 0 Å². The summed E-state index contributed by atoms with van der Waals surface area (Å²) in [5.41, 5.74) is 1.95. The van der Waals surface area contributed by atoms with Crippen LogP contribution in [0.25, 0.3) is 0 Å². The molecule has 2 heteroatoms. The van der Waals surface area contributed by atoms with Gasteiger partial charge in [-0.2, -0.15) is 0 Å². The summed E-state index contributed by atoms with van der Waals surface area (Å²) in [4.78, 5) is 0. The topological polar surface area (TPSA) is 29.5 Å². The zero-order chi connectivity index (χ0) is 15.3. The molecule has 0 saturated heterocycles. The van der Waals surface area contributed by atoms with Crippen LogP contribution in [0.3, 0.4) is 0 Å². The Labute approximate surface area is 129 Å². The molecule has 118 valence electrons. The van der Waals surface area contributed by atoms with Crippen molar-refractivity contribution in [2.24, 2.45) is 5.92 Å². The van der Waals surface area contributed by atoms with E-state index in [9.17, 15) is 5.11 Å². The van der Waals surface area contributed by atoms with Crippen molar-refractivity contribution in [2.45, 2.75) is 71.0 Å².